The summed E-state index contributed by atoms with van der Waals surface area (Å²) in [6, 6.07) is 27.7. The molecule has 38 heavy (non-hydrogen) atoms. The molecule has 196 valence electrons. The van der Waals surface area contributed by atoms with E-state index < -0.39 is 0 Å². The van der Waals surface area contributed by atoms with Crippen LogP contribution in [0.3, 0.4) is 0 Å². The number of thioether (sulfide) groups is 1. The molecule has 9 heteroatoms. The summed E-state index contributed by atoms with van der Waals surface area (Å²) >= 11 is 1.40. The maximum Gasteiger partial charge on any atom is 0.233 e. The van der Waals surface area contributed by atoms with E-state index in [1.165, 1.54) is 17.4 Å². The number of nitrogens with zero attached hydrogens (tertiary/aromatic N) is 5. The summed E-state index contributed by atoms with van der Waals surface area (Å²) in [6.45, 7) is 5.00. The highest BCUT2D eigenvalue weighted by Crippen LogP contribution is 2.29. The van der Waals surface area contributed by atoms with Crippen molar-refractivity contribution < 1.29 is 14.3 Å². The molecule has 8 nitrogen and oxygen atoms in total. The number of ether oxygens (including phenoxy) is 2. The Morgan fingerprint density at radius 2 is 1.45 bits per heavy atom. The largest absolute Gasteiger partial charge is 0.497 e. The van der Waals surface area contributed by atoms with E-state index >= 15 is 0 Å². The van der Waals surface area contributed by atoms with Crippen molar-refractivity contribution in [3.63, 3.8) is 0 Å². The summed E-state index contributed by atoms with van der Waals surface area (Å²) in [7, 11) is 1.63. The van der Waals surface area contributed by atoms with E-state index in [2.05, 4.69) is 27.2 Å². The van der Waals surface area contributed by atoms with Gasteiger partial charge in [0, 0.05) is 37.6 Å². The zero-order valence-corrected chi connectivity index (χ0v) is 22.4. The molecule has 0 aliphatic carbocycles. The number of amides is 1. The number of carbonyl (C=O) groups is 1. The molecule has 0 saturated carbocycles. The van der Waals surface area contributed by atoms with Gasteiger partial charge in [0.15, 0.2) is 17.1 Å². The first-order valence-corrected chi connectivity index (χ1v) is 13.6. The van der Waals surface area contributed by atoms with Crippen molar-refractivity contribution in [1.82, 2.24) is 19.7 Å². The fourth-order valence-corrected chi connectivity index (χ4v) is 5.30. The maximum atomic E-state index is 13.1. The van der Waals surface area contributed by atoms with Crippen molar-refractivity contribution >= 4 is 23.4 Å². The lowest BCUT2D eigenvalue weighted by molar-refractivity contribution is -0.128. The highest BCUT2D eigenvalue weighted by Gasteiger charge is 2.24. The average molecular weight is 530 g/mol. The Kier molecular flexibility index (Phi) is 8.13. The van der Waals surface area contributed by atoms with Gasteiger partial charge in [-0.1, -0.05) is 48.2 Å². The summed E-state index contributed by atoms with van der Waals surface area (Å²) in [5, 5.41) is 9.58. The van der Waals surface area contributed by atoms with Crippen LogP contribution in [0.1, 0.15) is 18.9 Å². The van der Waals surface area contributed by atoms with Crippen LogP contribution in [0.15, 0.2) is 90.1 Å². The molecular weight excluding hydrogens is 498 g/mol. The molecule has 1 saturated heterocycles. The molecule has 1 unspecified atom stereocenters. The third-order valence-electron chi connectivity index (χ3n) is 6.49. The number of carbonyl (C=O) groups excluding carboxylic acids is 1. The van der Waals surface area contributed by atoms with Crippen LogP contribution in [-0.4, -0.2) is 64.6 Å². The highest BCUT2D eigenvalue weighted by atomic mass is 32.2. The van der Waals surface area contributed by atoms with Gasteiger partial charge in [0.1, 0.15) is 11.5 Å². The van der Waals surface area contributed by atoms with Crippen molar-refractivity contribution in [2.75, 3.05) is 43.9 Å². The van der Waals surface area contributed by atoms with E-state index in [9.17, 15) is 4.79 Å². The molecule has 1 amide bonds. The Labute approximate surface area is 227 Å². The van der Waals surface area contributed by atoms with E-state index in [1.54, 1.807) is 7.11 Å². The third-order valence-corrected chi connectivity index (χ3v) is 7.40. The monoisotopic (exact) mass is 529 g/mol. The van der Waals surface area contributed by atoms with Gasteiger partial charge in [0.25, 0.3) is 0 Å². The Bertz CT molecular complexity index is 1320. The second-order valence-electron chi connectivity index (χ2n) is 8.94. The molecule has 1 fully saturated rings. The van der Waals surface area contributed by atoms with E-state index in [1.807, 2.05) is 89.2 Å². The van der Waals surface area contributed by atoms with Crippen LogP contribution in [0.2, 0.25) is 0 Å². The van der Waals surface area contributed by atoms with Crippen LogP contribution in [0.5, 0.6) is 11.5 Å². The molecule has 0 radical (unpaired) electrons. The number of methoxy groups -OCH3 is 1. The third kappa shape index (κ3) is 5.94. The molecule has 3 aromatic carbocycles. The number of aromatic nitrogens is 3. The summed E-state index contributed by atoms with van der Waals surface area (Å²) in [6.07, 6.45) is -0.368. The van der Waals surface area contributed by atoms with Gasteiger partial charge in [-0.2, -0.15) is 0 Å². The number of rotatable bonds is 9. The van der Waals surface area contributed by atoms with E-state index in [-0.39, 0.29) is 12.0 Å². The Hall–Kier alpha value is -3.98. The predicted molar refractivity (Wildman–Crippen MR) is 149 cm³/mol. The first-order chi connectivity index (χ1) is 18.6. The molecule has 0 spiro atoms. The maximum absolute atomic E-state index is 13.1. The van der Waals surface area contributed by atoms with Crippen LogP contribution in [-0.2, 0) is 4.79 Å². The zero-order chi connectivity index (χ0) is 26.3. The second-order valence-corrected chi connectivity index (χ2v) is 9.88. The fraction of sp³-hybridized carbons (Fsp3) is 0.276. The molecule has 5 rings (SSSR count). The van der Waals surface area contributed by atoms with Crippen molar-refractivity contribution in [3.05, 3.63) is 90.8 Å². The lowest BCUT2D eigenvalue weighted by atomic mass is 10.2. The summed E-state index contributed by atoms with van der Waals surface area (Å²) in [5.41, 5.74) is 2.12. The highest BCUT2D eigenvalue weighted by molar-refractivity contribution is 7.99. The minimum absolute atomic E-state index is 0.106. The van der Waals surface area contributed by atoms with Crippen LogP contribution in [0.25, 0.3) is 5.69 Å². The quantitative estimate of drug-likeness (QED) is 0.287. The van der Waals surface area contributed by atoms with Gasteiger partial charge >= 0.3 is 0 Å². The average Bonchev–Trinajstić information content (AvgIpc) is 3.41. The minimum Gasteiger partial charge on any atom is -0.497 e. The van der Waals surface area contributed by atoms with Crippen LogP contribution in [0.4, 0.5) is 5.69 Å². The first kappa shape index (κ1) is 25.7. The number of benzene rings is 3. The van der Waals surface area contributed by atoms with E-state index in [0.717, 1.165) is 24.5 Å². The molecular formula is C29H31N5O3S. The van der Waals surface area contributed by atoms with Crippen molar-refractivity contribution in [3.8, 4) is 17.2 Å². The molecule has 1 aliphatic rings. The molecule has 0 bridgehead atoms. The number of hydrogen-bond donors (Lipinski definition) is 0. The molecule has 0 N–H and O–H groups in total. The van der Waals surface area contributed by atoms with Crippen molar-refractivity contribution in [2.24, 2.45) is 0 Å². The SMILES string of the molecule is COc1ccc(OC(C)c2nnc(SCC(=O)N3CCN(c4ccccc4)CC3)n2-c2ccccc2)cc1. The number of para-hydroxylation sites is 2. The van der Waals surface area contributed by atoms with Gasteiger partial charge in [-0.15, -0.1) is 10.2 Å². The van der Waals surface area contributed by atoms with Crippen molar-refractivity contribution in [1.29, 1.82) is 0 Å². The fourth-order valence-electron chi connectivity index (χ4n) is 4.44. The summed E-state index contributed by atoms with van der Waals surface area (Å²) in [5.74, 6) is 2.54. The van der Waals surface area contributed by atoms with Crippen LogP contribution < -0.4 is 14.4 Å². The Morgan fingerprint density at radius 3 is 2.08 bits per heavy atom. The van der Waals surface area contributed by atoms with Crippen LogP contribution in [0, 0.1) is 0 Å². The van der Waals surface area contributed by atoms with Gasteiger partial charge in [0.05, 0.1) is 12.9 Å². The topological polar surface area (TPSA) is 72.7 Å². The smallest absolute Gasteiger partial charge is 0.233 e. The minimum atomic E-state index is -0.368. The Balaban J connectivity index is 1.26. The number of anilines is 1. The Morgan fingerprint density at radius 1 is 0.842 bits per heavy atom. The van der Waals surface area contributed by atoms with Gasteiger partial charge in [-0.25, -0.2) is 0 Å². The lowest BCUT2D eigenvalue weighted by Crippen LogP contribution is -2.49. The van der Waals surface area contributed by atoms with Crippen LogP contribution >= 0.6 is 11.8 Å². The molecule has 1 aromatic heterocycles. The standard InChI is InChI=1S/C29H31N5O3S/c1-22(37-26-15-13-25(36-2)14-16-26)28-30-31-29(34(28)24-11-7-4-8-12-24)38-21-27(35)33-19-17-32(18-20-33)23-9-5-3-6-10-23/h3-16,22H,17-21H2,1-2H3. The molecule has 2 heterocycles. The normalized spacial score (nSPS) is 14.3. The van der Waals surface area contributed by atoms with Gasteiger partial charge in [0.2, 0.25) is 5.91 Å². The first-order valence-electron chi connectivity index (χ1n) is 12.6. The lowest BCUT2D eigenvalue weighted by Gasteiger charge is -2.36. The number of piperazine rings is 1. The zero-order valence-electron chi connectivity index (χ0n) is 21.6. The van der Waals surface area contributed by atoms with E-state index in [4.69, 9.17) is 9.47 Å². The number of hydrogen-bond acceptors (Lipinski definition) is 7. The van der Waals surface area contributed by atoms with Gasteiger partial charge in [-0.05, 0) is 55.5 Å². The second kappa shape index (κ2) is 12.0. The summed E-state index contributed by atoms with van der Waals surface area (Å²) in [4.78, 5) is 17.3. The summed E-state index contributed by atoms with van der Waals surface area (Å²) < 4.78 is 13.4. The molecule has 1 atom stereocenters. The molecule has 4 aromatic rings. The van der Waals surface area contributed by atoms with Gasteiger partial charge < -0.3 is 19.3 Å². The van der Waals surface area contributed by atoms with Crippen molar-refractivity contribution in [2.45, 2.75) is 18.2 Å². The molecule has 1 aliphatic heterocycles. The predicted octanol–water partition coefficient (Wildman–Crippen LogP) is 4.86. The van der Waals surface area contributed by atoms with E-state index in [0.29, 0.717) is 35.6 Å². The van der Waals surface area contributed by atoms with Gasteiger partial charge in [-0.3, -0.25) is 9.36 Å².